The smallest absolute Gasteiger partial charge is 0.260 e. The summed E-state index contributed by atoms with van der Waals surface area (Å²) >= 11 is 0. The third-order valence-corrected chi connectivity index (χ3v) is 4.13. The molecule has 100 valence electrons. The molecule has 1 aromatic rings. The van der Waals surface area contributed by atoms with Crippen molar-refractivity contribution in [3.63, 3.8) is 0 Å². The summed E-state index contributed by atoms with van der Waals surface area (Å²) in [6, 6.07) is -0.283. The first-order chi connectivity index (χ1) is 8.39. The SMILES string of the molecule is CCC(C)n1nc(C(F)F)c2c1C(F)(F)C1CC21. The van der Waals surface area contributed by atoms with Gasteiger partial charge in [-0.15, -0.1) is 0 Å². The quantitative estimate of drug-likeness (QED) is 0.753. The van der Waals surface area contributed by atoms with Gasteiger partial charge in [0.15, 0.2) is 0 Å². The maximum absolute atomic E-state index is 14.1. The molecule has 0 radical (unpaired) electrons. The average Bonchev–Trinajstić information content (AvgIpc) is 2.94. The number of hydrogen-bond donors (Lipinski definition) is 0. The van der Waals surface area contributed by atoms with Crippen molar-refractivity contribution < 1.29 is 17.6 Å². The third-order valence-electron chi connectivity index (χ3n) is 4.13. The highest BCUT2D eigenvalue weighted by Gasteiger charge is 2.67. The summed E-state index contributed by atoms with van der Waals surface area (Å²) in [5.41, 5.74) is -0.566. The van der Waals surface area contributed by atoms with Gasteiger partial charge in [-0.2, -0.15) is 13.9 Å². The second-order valence-corrected chi connectivity index (χ2v) is 5.22. The Morgan fingerprint density at radius 3 is 2.67 bits per heavy atom. The van der Waals surface area contributed by atoms with E-state index in [1.54, 1.807) is 6.92 Å². The van der Waals surface area contributed by atoms with Crippen LogP contribution >= 0.6 is 0 Å². The van der Waals surface area contributed by atoms with Crippen LogP contribution in [0.2, 0.25) is 0 Å². The van der Waals surface area contributed by atoms with Crippen molar-refractivity contribution >= 4 is 0 Å². The summed E-state index contributed by atoms with van der Waals surface area (Å²) in [5, 5.41) is 3.76. The van der Waals surface area contributed by atoms with Gasteiger partial charge in [0.05, 0.1) is 0 Å². The second kappa shape index (κ2) is 3.48. The van der Waals surface area contributed by atoms with E-state index < -0.39 is 29.9 Å². The van der Waals surface area contributed by atoms with Crippen LogP contribution in [0.1, 0.15) is 62.0 Å². The van der Waals surface area contributed by atoms with E-state index in [0.29, 0.717) is 12.8 Å². The number of aromatic nitrogens is 2. The van der Waals surface area contributed by atoms with E-state index in [1.807, 2.05) is 6.92 Å². The van der Waals surface area contributed by atoms with Crippen molar-refractivity contribution in [3.8, 4) is 0 Å². The summed E-state index contributed by atoms with van der Waals surface area (Å²) in [7, 11) is 0. The molecule has 0 N–H and O–H groups in total. The van der Waals surface area contributed by atoms with Crippen molar-refractivity contribution in [2.45, 2.75) is 51.0 Å². The molecule has 6 heteroatoms. The van der Waals surface area contributed by atoms with Crippen LogP contribution in [-0.4, -0.2) is 9.78 Å². The Kier molecular flexibility index (Phi) is 2.32. The summed E-state index contributed by atoms with van der Waals surface area (Å²) in [5.74, 6) is -4.18. The number of rotatable bonds is 3. The predicted molar refractivity (Wildman–Crippen MR) is 56.9 cm³/mol. The van der Waals surface area contributed by atoms with E-state index in [1.165, 1.54) is 0 Å². The highest BCUT2D eigenvalue weighted by Crippen LogP contribution is 2.68. The molecule has 2 aliphatic carbocycles. The Morgan fingerprint density at radius 1 is 1.44 bits per heavy atom. The summed E-state index contributed by atoms with van der Waals surface area (Å²) in [6.45, 7) is 3.55. The van der Waals surface area contributed by atoms with Gasteiger partial charge in [0.1, 0.15) is 11.4 Å². The third kappa shape index (κ3) is 1.32. The highest BCUT2D eigenvalue weighted by atomic mass is 19.3. The minimum absolute atomic E-state index is 0.125. The minimum Gasteiger partial charge on any atom is -0.260 e. The maximum atomic E-state index is 14.1. The van der Waals surface area contributed by atoms with Crippen molar-refractivity contribution in [2.75, 3.05) is 0 Å². The van der Waals surface area contributed by atoms with Crippen LogP contribution in [0.3, 0.4) is 0 Å². The molecule has 2 aliphatic rings. The Balaban J connectivity index is 2.19. The normalized spacial score (nSPS) is 29.3. The fourth-order valence-corrected chi connectivity index (χ4v) is 2.91. The minimum atomic E-state index is -3.00. The van der Waals surface area contributed by atoms with Crippen LogP contribution in [0.25, 0.3) is 0 Å². The standard InChI is InChI=1S/C12H14F4N2/c1-3-5(2)18-10-8(9(17-18)11(13)14)6-4-7(6)12(10,15)16/h5-7,11H,3-4H2,1-2H3. The van der Waals surface area contributed by atoms with Gasteiger partial charge in [-0.25, -0.2) is 8.78 Å². The molecule has 3 atom stereocenters. The largest absolute Gasteiger partial charge is 0.293 e. The molecule has 2 nitrogen and oxygen atoms in total. The molecule has 0 saturated heterocycles. The zero-order valence-electron chi connectivity index (χ0n) is 10.1. The van der Waals surface area contributed by atoms with E-state index in [0.717, 1.165) is 4.68 Å². The topological polar surface area (TPSA) is 17.8 Å². The molecule has 0 aliphatic heterocycles. The van der Waals surface area contributed by atoms with Gasteiger partial charge in [0.25, 0.3) is 12.3 Å². The molecule has 3 unspecified atom stereocenters. The number of fused-ring (bicyclic) bond motifs is 3. The lowest BCUT2D eigenvalue weighted by atomic mass is 10.1. The van der Waals surface area contributed by atoms with Gasteiger partial charge in [-0.05, 0) is 25.7 Å². The zero-order valence-corrected chi connectivity index (χ0v) is 10.1. The van der Waals surface area contributed by atoms with Gasteiger partial charge >= 0.3 is 0 Å². The average molecular weight is 262 g/mol. The summed E-state index contributed by atoms with van der Waals surface area (Å²) < 4.78 is 55.2. The van der Waals surface area contributed by atoms with Crippen LogP contribution in [0, 0.1) is 5.92 Å². The van der Waals surface area contributed by atoms with Crippen LogP contribution in [-0.2, 0) is 5.92 Å². The molecule has 18 heavy (non-hydrogen) atoms. The van der Waals surface area contributed by atoms with Crippen molar-refractivity contribution in [3.05, 3.63) is 17.0 Å². The lowest BCUT2D eigenvalue weighted by molar-refractivity contribution is -0.0322. The zero-order chi connectivity index (χ0) is 13.2. The van der Waals surface area contributed by atoms with Crippen LogP contribution in [0.4, 0.5) is 17.6 Å². The number of alkyl halides is 4. The first-order valence-corrected chi connectivity index (χ1v) is 6.18. The molecular formula is C12H14F4N2. The number of halogens is 4. The highest BCUT2D eigenvalue weighted by molar-refractivity contribution is 5.46. The van der Waals surface area contributed by atoms with Crippen molar-refractivity contribution in [1.82, 2.24) is 9.78 Å². The van der Waals surface area contributed by atoms with E-state index in [4.69, 9.17) is 0 Å². The molecule has 0 spiro atoms. The monoisotopic (exact) mass is 262 g/mol. The molecule has 1 saturated carbocycles. The summed E-state index contributed by atoms with van der Waals surface area (Å²) in [4.78, 5) is 0. The van der Waals surface area contributed by atoms with E-state index in [9.17, 15) is 17.6 Å². The molecule has 1 heterocycles. The Morgan fingerprint density at radius 2 is 2.11 bits per heavy atom. The lowest BCUT2D eigenvalue weighted by Gasteiger charge is -2.19. The fraction of sp³-hybridized carbons (Fsp3) is 0.750. The molecule has 3 rings (SSSR count). The molecular weight excluding hydrogens is 248 g/mol. The van der Waals surface area contributed by atoms with Crippen molar-refractivity contribution in [2.24, 2.45) is 5.92 Å². The lowest BCUT2D eigenvalue weighted by Crippen LogP contribution is -2.21. The number of hydrogen-bond acceptors (Lipinski definition) is 1. The predicted octanol–water partition coefficient (Wildman–Crippen LogP) is 4.00. The molecule has 1 aromatic heterocycles. The summed E-state index contributed by atoms with van der Waals surface area (Å²) in [6.07, 6.45) is -1.88. The van der Waals surface area contributed by atoms with Crippen LogP contribution in [0.5, 0.6) is 0 Å². The Labute approximate surface area is 102 Å². The fourth-order valence-electron chi connectivity index (χ4n) is 2.91. The van der Waals surface area contributed by atoms with Gasteiger partial charge in [0, 0.05) is 17.5 Å². The number of nitrogens with zero attached hydrogens (tertiary/aromatic N) is 2. The van der Waals surface area contributed by atoms with E-state index >= 15 is 0 Å². The van der Waals surface area contributed by atoms with Crippen LogP contribution in [0.15, 0.2) is 0 Å². The molecule has 0 aromatic carbocycles. The first-order valence-electron chi connectivity index (χ1n) is 6.18. The van der Waals surface area contributed by atoms with Gasteiger partial charge in [-0.1, -0.05) is 6.92 Å². The first kappa shape index (κ1) is 12.0. The molecule has 0 bridgehead atoms. The van der Waals surface area contributed by atoms with Gasteiger partial charge in [-0.3, -0.25) is 4.68 Å². The van der Waals surface area contributed by atoms with Gasteiger partial charge < -0.3 is 0 Å². The Bertz CT molecular complexity index is 495. The second-order valence-electron chi connectivity index (χ2n) is 5.22. The van der Waals surface area contributed by atoms with Crippen molar-refractivity contribution in [1.29, 1.82) is 0 Å². The van der Waals surface area contributed by atoms with E-state index in [-0.39, 0.29) is 17.3 Å². The van der Waals surface area contributed by atoms with Gasteiger partial charge in [0.2, 0.25) is 0 Å². The maximum Gasteiger partial charge on any atom is 0.293 e. The van der Waals surface area contributed by atoms with Crippen LogP contribution < -0.4 is 0 Å². The molecule has 1 fully saturated rings. The Hall–Kier alpha value is -1.07. The molecule has 0 amide bonds. The van der Waals surface area contributed by atoms with E-state index in [2.05, 4.69) is 5.10 Å².